The Kier molecular flexibility index (Phi) is 4.34. The summed E-state index contributed by atoms with van der Waals surface area (Å²) >= 11 is 0. The number of benzene rings is 1. The second-order valence-corrected chi connectivity index (χ2v) is 5.97. The van der Waals surface area contributed by atoms with Gasteiger partial charge in [-0.15, -0.1) is 0 Å². The highest BCUT2D eigenvalue weighted by Gasteiger charge is 2.31. The summed E-state index contributed by atoms with van der Waals surface area (Å²) in [6.07, 6.45) is 5.04. The molecule has 0 bridgehead atoms. The predicted octanol–water partition coefficient (Wildman–Crippen LogP) is 2.85. The predicted molar refractivity (Wildman–Crippen MR) is 86.1 cm³/mol. The van der Waals surface area contributed by atoms with Crippen LogP contribution in [0.1, 0.15) is 12.8 Å². The molecule has 6 heteroatoms. The van der Waals surface area contributed by atoms with Crippen LogP contribution in [0.4, 0.5) is 14.9 Å². The summed E-state index contributed by atoms with van der Waals surface area (Å²) < 4.78 is 15.6. The highest BCUT2D eigenvalue weighted by Crippen LogP contribution is 2.32. The number of amides is 2. The van der Waals surface area contributed by atoms with E-state index in [-0.39, 0.29) is 11.8 Å². The van der Waals surface area contributed by atoms with Gasteiger partial charge in [0.1, 0.15) is 5.82 Å². The molecule has 2 amide bonds. The van der Waals surface area contributed by atoms with Gasteiger partial charge < -0.3 is 19.9 Å². The Morgan fingerprint density at radius 1 is 1.43 bits per heavy atom. The van der Waals surface area contributed by atoms with Gasteiger partial charge in [0.25, 0.3) is 0 Å². The van der Waals surface area contributed by atoms with Crippen LogP contribution in [0.3, 0.4) is 0 Å². The number of aliphatic hydroxyl groups is 1. The van der Waals surface area contributed by atoms with Crippen LogP contribution >= 0.6 is 0 Å². The number of nitrogens with one attached hydrogen (secondary N) is 1. The van der Waals surface area contributed by atoms with E-state index in [4.69, 9.17) is 0 Å². The van der Waals surface area contributed by atoms with Crippen molar-refractivity contribution in [2.75, 3.05) is 18.9 Å². The summed E-state index contributed by atoms with van der Waals surface area (Å²) in [7, 11) is 1.64. The molecule has 0 spiro atoms. The molecule has 1 aliphatic carbocycles. The smallest absolute Gasteiger partial charge is 0.321 e. The Morgan fingerprint density at radius 2 is 2.13 bits per heavy atom. The zero-order valence-electron chi connectivity index (χ0n) is 12.9. The van der Waals surface area contributed by atoms with Crippen LogP contribution in [-0.2, 0) is 0 Å². The van der Waals surface area contributed by atoms with Gasteiger partial charge in [-0.3, -0.25) is 0 Å². The van der Waals surface area contributed by atoms with Crippen molar-refractivity contribution in [3.63, 3.8) is 0 Å². The third-order valence-corrected chi connectivity index (χ3v) is 4.05. The number of anilines is 1. The SMILES string of the molecule is CN(C[C@@H](O)C1CC1)C(=O)Nc1ccc(F)c(-n2cccc2)c1. The average molecular weight is 317 g/mol. The van der Waals surface area contributed by atoms with Crippen molar-refractivity contribution in [2.45, 2.75) is 18.9 Å². The van der Waals surface area contributed by atoms with Crippen molar-refractivity contribution in [3.8, 4) is 5.69 Å². The fourth-order valence-corrected chi connectivity index (χ4v) is 2.50. The number of aliphatic hydroxyl groups excluding tert-OH is 1. The molecule has 0 aliphatic heterocycles. The van der Waals surface area contributed by atoms with Gasteiger partial charge in [-0.05, 0) is 49.1 Å². The van der Waals surface area contributed by atoms with Crippen LogP contribution < -0.4 is 5.32 Å². The maximum Gasteiger partial charge on any atom is 0.321 e. The van der Waals surface area contributed by atoms with Crippen molar-refractivity contribution in [3.05, 3.63) is 48.5 Å². The molecule has 1 heterocycles. The van der Waals surface area contributed by atoms with Crippen molar-refractivity contribution >= 4 is 11.7 Å². The topological polar surface area (TPSA) is 57.5 Å². The number of halogens is 1. The number of urea groups is 1. The Bertz CT molecular complexity index is 683. The number of aromatic nitrogens is 1. The first kappa shape index (κ1) is 15.6. The molecule has 122 valence electrons. The summed E-state index contributed by atoms with van der Waals surface area (Å²) in [4.78, 5) is 13.6. The molecule has 23 heavy (non-hydrogen) atoms. The molecular weight excluding hydrogens is 297 g/mol. The lowest BCUT2D eigenvalue weighted by atomic mass is 10.2. The van der Waals surface area contributed by atoms with Gasteiger partial charge in [0.2, 0.25) is 0 Å². The summed E-state index contributed by atoms with van der Waals surface area (Å²) in [5, 5.41) is 12.6. The van der Waals surface area contributed by atoms with Crippen LogP contribution in [0, 0.1) is 11.7 Å². The molecule has 5 nitrogen and oxygen atoms in total. The lowest BCUT2D eigenvalue weighted by molar-refractivity contribution is 0.117. The minimum Gasteiger partial charge on any atom is -0.391 e. The standard InChI is InChI=1S/C17H20FN3O2/c1-20(11-16(22)12-4-5-12)17(23)19-13-6-7-14(18)15(10-13)21-8-2-3-9-21/h2-3,6-10,12,16,22H,4-5,11H2,1H3,(H,19,23)/t16-/m1/s1. The molecule has 1 aromatic carbocycles. The Morgan fingerprint density at radius 3 is 2.78 bits per heavy atom. The summed E-state index contributed by atoms with van der Waals surface area (Å²) in [5.41, 5.74) is 0.876. The normalized spacial score (nSPS) is 15.3. The quantitative estimate of drug-likeness (QED) is 0.891. The van der Waals surface area contributed by atoms with Crippen LogP contribution in [0.5, 0.6) is 0 Å². The molecule has 2 aromatic rings. The zero-order chi connectivity index (χ0) is 16.4. The van der Waals surface area contributed by atoms with Crippen molar-refractivity contribution < 1.29 is 14.3 Å². The van der Waals surface area contributed by atoms with E-state index in [0.717, 1.165) is 12.8 Å². The maximum atomic E-state index is 13.9. The Hall–Kier alpha value is -2.34. The second kappa shape index (κ2) is 6.42. The molecule has 1 aliphatic rings. The van der Waals surface area contributed by atoms with Gasteiger partial charge in [-0.1, -0.05) is 0 Å². The molecule has 0 unspecified atom stereocenters. The lowest BCUT2D eigenvalue weighted by Gasteiger charge is -2.21. The minimum atomic E-state index is -0.477. The van der Waals surface area contributed by atoms with Crippen LogP contribution in [-0.4, -0.2) is 40.3 Å². The highest BCUT2D eigenvalue weighted by atomic mass is 19.1. The van der Waals surface area contributed by atoms with Crippen molar-refractivity contribution in [1.82, 2.24) is 9.47 Å². The zero-order valence-corrected chi connectivity index (χ0v) is 12.9. The molecule has 0 saturated heterocycles. The molecule has 0 radical (unpaired) electrons. The van der Waals surface area contributed by atoms with Gasteiger partial charge >= 0.3 is 6.03 Å². The van der Waals surface area contributed by atoms with Crippen molar-refractivity contribution in [2.24, 2.45) is 5.92 Å². The first-order valence-corrected chi connectivity index (χ1v) is 7.67. The van der Waals surface area contributed by atoms with E-state index in [2.05, 4.69) is 5.32 Å². The van der Waals surface area contributed by atoms with Crippen LogP contribution in [0.2, 0.25) is 0 Å². The lowest BCUT2D eigenvalue weighted by Crippen LogP contribution is -2.38. The number of hydrogen-bond acceptors (Lipinski definition) is 2. The van der Waals surface area contributed by atoms with Gasteiger partial charge in [-0.2, -0.15) is 0 Å². The van der Waals surface area contributed by atoms with E-state index < -0.39 is 6.10 Å². The number of likely N-dealkylation sites (N-methyl/N-ethyl adjacent to an activating group) is 1. The number of carbonyl (C=O) groups is 1. The molecule has 1 aromatic heterocycles. The molecule has 2 N–H and O–H groups in total. The molecule has 3 rings (SSSR count). The molecule has 1 atom stereocenters. The van der Waals surface area contributed by atoms with E-state index >= 15 is 0 Å². The van der Waals surface area contributed by atoms with Crippen LogP contribution in [0.25, 0.3) is 5.69 Å². The Labute approximate surface area is 134 Å². The van der Waals surface area contributed by atoms with Crippen molar-refractivity contribution in [1.29, 1.82) is 0 Å². The summed E-state index contributed by atoms with van der Waals surface area (Å²) in [6.45, 7) is 0.294. The van der Waals surface area contributed by atoms with Gasteiger partial charge in [0, 0.05) is 31.7 Å². The number of hydrogen-bond donors (Lipinski definition) is 2. The largest absolute Gasteiger partial charge is 0.391 e. The van der Waals surface area contributed by atoms with E-state index in [1.54, 1.807) is 42.2 Å². The van der Waals surface area contributed by atoms with Crippen LogP contribution in [0.15, 0.2) is 42.7 Å². The fourth-order valence-electron chi connectivity index (χ4n) is 2.50. The van der Waals surface area contributed by atoms with E-state index in [1.165, 1.54) is 17.0 Å². The number of carbonyl (C=O) groups excluding carboxylic acids is 1. The average Bonchev–Trinajstić information content (AvgIpc) is 3.25. The number of rotatable bonds is 5. The third-order valence-electron chi connectivity index (χ3n) is 4.05. The summed E-state index contributed by atoms with van der Waals surface area (Å²) in [6, 6.07) is 7.71. The Balaban J connectivity index is 1.67. The molecule has 1 fully saturated rings. The van der Waals surface area contributed by atoms with E-state index in [9.17, 15) is 14.3 Å². The fraction of sp³-hybridized carbons (Fsp3) is 0.353. The second-order valence-electron chi connectivity index (χ2n) is 5.97. The van der Waals surface area contributed by atoms with Gasteiger partial charge in [0.05, 0.1) is 11.8 Å². The number of nitrogens with zero attached hydrogens (tertiary/aromatic N) is 2. The monoisotopic (exact) mass is 317 g/mol. The van der Waals surface area contributed by atoms with Gasteiger partial charge in [-0.25, -0.2) is 9.18 Å². The molecular formula is C17H20FN3O2. The highest BCUT2D eigenvalue weighted by molar-refractivity contribution is 5.89. The van der Waals surface area contributed by atoms with E-state index in [1.807, 2.05) is 0 Å². The maximum absolute atomic E-state index is 13.9. The first-order chi connectivity index (χ1) is 11.0. The summed E-state index contributed by atoms with van der Waals surface area (Å²) in [5.74, 6) is -0.0480. The molecule has 1 saturated carbocycles. The first-order valence-electron chi connectivity index (χ1n) is 7.67. The third kappa shape index (κ3) is 3.71. The minimum absolute atomic E-state index is 0.294. The van der Waals surface area contributed by atoms with Gasteiger partial charge in [0.15, 0.2) is 0 Å². The van der Waals surface area contributed by atoms with E-state index in [0.29, 0.717) is 23.8 Å².